The molecule has 2 rings (SSSR count). The highest BCUT2D eigenvalue weighted by atomic mass is 32.2. The van der Waals surface area contributed by atoms with Crippen LogP contribution in [0.2, 0.25) is 0 Å². The Hall–Kier alpha value is -2.71. The zero-order chi connectivity index (χ0) is 17.0. The molecule has 0 aliphatic carbocycles. The van der Waals surface area contributed by atoms with E-state index in [-0.39, 0.29) is 22.6 Å². The van der Waals surface area contributed by atoms with Gasteiger partial charge in [0.25, 0.3) is 0 Å². The number of carbonyl (C=O) groups excluding carboxylic acids is 1. The summed E-state index contributed by atoms with van der Waals surface area (Å²) < 4.78 is 26.7. The maximum atomic E-state index is 12.2. The predicted octanol–water partition coefficient (Wildman–Crippen LogP) is 0.962. The van der Waals surface area contributed by atoms with Crippen LogP contribution in [0.5, 0.6) is 0 Å². The summed E-state index contributed by atoms with van der Waals surface area (Å²) in [7, 11) is -3.79. The number of nitrogens with two attached hydrogens (primary N) is 1. The van der Waals surface area contributed by atoms with E-state index in [1.165, 1.54) is 36.4 Å². The molecule has 0 radical (unpaired) electrons. The Morgan fingerprint density at radius 2 is 1.70 bits per heavy atom. The fraction of sp³-hybridized carbons (Fsp3) is 0.0667. The van der Waals surface area contributed by atoms with Crippen LogP contribution in [0.4, 0.5) is 0 Å². The molecule has 0 bridgehead atoms. The molecule has 0 unspecified atom stereocenters. The number of benzene rings is 2. The van der Waals surface area contributed by atoms with Gasteiger partial charge in [0.05, 0.1) is 10.5 Å². The molecular formula is C15H14N2O5S. The summed E-state index contributed by atoms with van der Waals surface area (Å²) in [6, 6.07) is 11.1. The maximum absolute atomic E-state index is 12.2. The molecule has 4 N–H and O–H groups in total. The second kappa shape index (κ2) is 6.59. The minimum Gasteiger partial charge on any atom is -0.478 e. The minimum atomic E-state index is -3.79. The van der Waals surface area contributed by atoms with Crippen molar-refractivity contribution in [3.63, 3.8) is 0 Å². The second-order valence-electron chi connectivity index (χ2n) is 4.72. The Labute approximate surface area is 132 Å². The largest absolute Gasteiger partial charge is 0.478 e. The average Bonchev–Trinajstić information content (AvgIpc) is 2.53. The van der Waals surface area contributed by atoms with Gasteiger partial charge in [0.1, 0.15) is 0 Å². The van der Waals surface area contributed by atoms with Gasteiger partial charge in [-0.3, -0.25) is 4.79 Å². The van der Waals surface area contributed by atoms with Gasteiger partial charge in [-0.25, -0.2) is 17.9 Å². The molecule has 7 nitrogen and oxygen atoms in total. The van der Waals surface area contributed by atoms with Crippen molar-refractivity contribution in [1.29, 1.82) is 0 Å². The first-order valence-electron chi connectivity index (χ1n) is 6.51. The van der Waals surface area contributed by atoms with Gasteiger partial charge >= 0.3 is 5.97 Å². The quantitative estimate of drug-likeness (QED) is 0.725. The van der Waals surface area contributed by atoms with Crippen molar-refractivity contribution >= 4 is 21.9 Å². The summed E-state index contributed by atoms with van der Waals surface area (Å²) in [5.74, 6) is -1.73. The third-order valence-corrected chi connectivity index (χ3v) is 4.51. The Balaban J connectivity index is 2.14. The fourth-order valence-corrected chi connectivity index (χ4v) is 2.89. The van der Waals surface area contributed by atoms with Gasteiger partial charge in [0, 0.05) is 12.1 Å². The summed E-state index contributed by atoms with van der Waals surface area (Å²) in [5, 5.41) is 8.80. The average molecular weight is 334 g/mol. The third-order valence-electron chi connectivity index (χ3n) is 3.09. The van der Waals surface area contributed by atoms with Crippen molar-refractivity contribution in [3.8, 4) is 0 Å². The summed E-state index contributed by atoms with van der Waals surface area (Å²) in [6.07, 6.45) is 0. The number of carboxylic acids is 1. The van der Waals surface area contributed by atoms with E-state index in [1.54, 1.807) is 12.1 Å². The number of amides is 1. The fourth-order valence-electron chi connectivity index (χ4n) is 1.87. The number of aromatic carboxylic acids is 1. The van der Waals surface area contributed by atoms with E-state index in [0.29, 0.717) is 5.56 Å². The van der Waals surface area contributed by atoms with E-state index in [1.807, 2.05) is 0 Å². The minimum absolute atomic E-state index is 0.00175. The van der Waals surface area contributed by atoms with Crippen molar-refractivity contribution in [1.82, 2.24) is 4.72 Å². The van der Waals surface area contributed by atoms with Gasteiger partial charge in [-0.1, -0.05) is 12.1 Å². The molecule has 1 amide bonds. The third kappa shape index (κ3) is 4.15. The number of hydrogen-bond acceptors (Lipinski definition) is 4. The highest BCUT2D eigenvalue weighted by Crippen LogP contribution is 2.12. The summed E-state index contributed by atoms with van der Waals surface area (Å²) in [6.45, 7) is -0.0237. The molecule has 0 spiro atoms. The number of nitrogens with one attached hydrogen (secondary N) is 1. The lowest BCUT2D eigenvalue weighted by Crippen LogP contribution is -2.23. The molecule has 8 heteroatoms. The number of sulfonamides is 1. The molecule has 23 heavy (non-hydrogen) atoms. The highest BCUT2D eigenvalue weighted by molar-refractivity contribution is 7.89. The highest BCUT2D eigenvalue weighted by Gasteiger charge is 2.14. The van der Waals surface area contributed by atoms with Crippen LogP contribution < -0.4 is 10.5 Å². The molecule has 0 heterocycles. The predicted molar refractivity (Wildman–Crippen MR) is 82.4 cm³/mol. The lowest BCUT2D eigenvalue weighted by molar-refractivity contribution is 0.0696. The standard InChI is InChI=1S/C15H14N2O5S/c16-14(18)12-3-1-2-10(8-12)9-17-23(21,22)13-6-4-11(5-7-13)15(19)20/h1-8,17H,9H2,(H2,16,18)(H,19,20). The first-order chi connectivity index (χ1) is 10.8. The molecular weight excluding hydrogens is 320 g/mol. The second-order valence-corrected chi connectivity index (χ2v) is 6.49. The van der Waals surface area contributed by atoms with Gasteiger partial charge in [0.2, 0.25) is 15.9 Å². The van der Waals surface area contributed by atoms with Crippen molar-refractivity contribution in [3.05, 3.63) is 65.2 Å². The Morgan fingerprint density at radius 3 is 2.26 bits per heavy atom. The number of hydrogen-bond donors (Lipinski definition) is 3. The van der Waals surface area contributed by atoms with Crippen LogP contribution in [0.15, 0.2) is 53.4 Å². The van der Waals surface area contributed by atoms with E-state index in [2.05, 4.69) is 4.72 Å². The Morgan fingerprint density at radius 1 is 1.04 bits per heavy atom. The normalized spacial score (nSPS) is 11.1. The zero-order valence-electron chi connectivity index (χ0n) is 11.9. The number of carbonyl (C=O) groups is 2. The summed E-state index contributed by atoms with van der Waals surface area (Å²) in [4.78, 5) is 21.8. The van der Waals surface area contributed by atoms with Gasteiger partial charge in [0.15, 0.2) is 0 Å². The Kier molecular flexibility index (Phi) is 4.77. The van der Waals surface area contributed by atoms with Crippen LogP contribution in [0, 0.1) is 0 Å². The molecule has 0 aliphatic rings. The van der Waals surface area contributed by atoms with Crippen molar-refractivity contribution in [2.75, 3.05) is 0 Å². The van der Waals surface area contributed by atoms with E-state index in [0.717, 1.165) is 0 Å². The van der Waals surface area contributed by atoms with Crippen LogP contribution in [-0.2, 0) is 16.6 Å². The molecule has 0 atom stereocenters. The lowest BCUT2D eigenvalue weighted by Gasteiger charge is -2.08. The Bertz CT molecular complexity index is 844. The smallest absolute Gasteiger partial charge is 0.335 e. The number of primary amides is 1. The van der Waals surface area contributed by atoms with Crippen molar-refractivity contribution in [2.45, 2.75) is 11.4 Å². The van der Waals surface area contributed by atoms with E-state index >= 15 is 0 Å². The van der Waals surface area contributed by atoms with Crippen molar-refractivity contribution in [2.24, 2.45) is 5.73 Å². The van der Waals surface area contributed by atoms with Gasteiger partial charge < -0.3 is 10.8 Å². The number of rotatable bonds is 6. The molecule has 2 aromatic carbocycles. The molecule has 0 aliphatic heterocycles. The van der Waals surface area contributed by atoms with Crippen molar-refractivity contribution < 1.29 is 23.1 Å². The summed E-state index contributed by atoms with van der Waals surface area (Å²) in [5.41, 5.74) is 6.03. The van der Waals surface area contributed by atoms with E-state index in [9.17, 15) is 18.0 Å². The molecule has 0 saturated carbocycles. The molecule has 0 aromatic heterocycles. The van der Waals surface area contributed by atoms with Gasteiger partial charge in [-0.05, 0) is 42.0 Å². The molecule has 2 aromatic rings. The molecule has 0 saturated heterocycles. The summed E-state index contributed by atoms with van der Waals surface area (Å²) >= 11 is 0. The zero-order valence-corrected chi connectivity index (χ0v) is 12.7. The molecule has 0 fully saturated rings. The monoisotopic (exact) mass is 334 g/mol. The topological polar surface area (TPSA) is 127 Å². The lowest BCUT2D eigenvalue weighted by atomic mass is 10.1. The van der Waals surface area contributed by atoms with Crippen LogP contribution in [0.3, 0.4) is 0 Å². The van der Waals surface area contributed by atoms with Gasteiger partial charge in [-0.2, -0.15) is 0 Å². The van der Waals surface area contributed by atoms with Crippen LogP contribution in [0.25, 0.3) is 0 Å². The number of carboxylic acid groups (broad SMARTS) is 1. The van der Waals surface area contributed by atoms with Crippen LogP contribution in [0.1, 0.15) is 26.3 Å². The first-order valence-corrected chi connectivity index (χ1v) is 8.00. The first kappa shape index (κ1) is 16.7. The maximum Gasteiger partial charge on any atom is 0.335 e. The van der Waals surface area contributed by atoms with Crippen LogP contribution >= 0.6 is 0 Å². The SMILES string of the molecule is NC(=O)c1cccc(CNS(=O)(=O)c2ccc(C(=O)O)cc2)c1. The molecule has 120 valence electrons. The van der Waals surface area contributed by atoms with Crippen LogP contribution in [-0.4, -0.2) is 25.4 Å². The van der Waals surface area contributed by atoms with E-state index in [4.69, 9.17) is 10.8 Å². The van der Waals surface area contributed by atoms with E-state index < -0.39 is 21.9 Å². The van der Waals surface area contributed by atoms with Gasteiger partial charge in [-0.15, -0.1) is 0 Å².